The molecule has 0 bridgehead atoms. The van der Waals surface area contributed by atoms with Crippen LogP contribution >= 0.6 is 0 Å². The van der Waals surface area contributed by atoms with E-state index in [9.17, 15) is 5.11 Å². The fourth-order valence-corrected chi connectivity index (χ4v) is 3.45. The smallest absolute Gasteiger partial charge is 0.0731 e. The molecule has 17 heavy (non-hydrogen) atoms. The number of H-pyrrole nitrogens is 1. The van der Waals surface area contributed by atoms with Gasteiger partial charge < -0.3 is 10.8 Å². The van der Waals surface area contributed by atoms with Crippen molar-refractivity contribution in [2.24, 2.45) is 5.73 Å². The Bertz CT molecular complexity index is 405. The number of fused-ring (bicyclic) bond motifs is 1. The third-order valence-corrected chi connectivity index (χ3v) is 4.61. The van der Waals surface area contributed by atoms with E-state index >= 15 is 0 Å². The highest BCUT2D eigenvalue weighted by Crippen LogP contribution is 2.41. The molecule has 0 radical (unpaired) electrons. The number of hydrogen-bond donors (Lipinski definition) is 3. The molecule has 4 nitrogen and oxygen atoms in total. The third kappa shape index (κ3) is 1.70. The van der Waals surface area contributed by atoms with Crippen LogP contribution in [0.15, 0.2) is 0 Å². The molecule has 94 valence electrons. The molecule has 2 aliphatic rings. The Morgan fingerprint density at radius 3 is 2.82 bits per heavy atom. The van der Waals surface area contributed by atoms with E-state index in [1.807, 2.05) is 0 Å². The van der Waals surface area contributed by atoms with Crippen LogP contribution in [0.2, 0.25) is 0 Å². The summed E-state index contributed by atoms with van der Waals surface area (Å²) in [6.07, 6.45) is 7.04. The van der Waals surface area contributed by atoms with Crippen molar-refractivity contribution in [1.82, 2.24) is 10.2 Å². The first-order chi connectivity index (χ1) is 8.25. The minimum absolute atomic E-state index is 0.0215. The number of aryl methyl sites for hydroxylation is 1. The van der Waals surface area contributed by atoms with Crippen molar-refractivity contribution in [3.05, 3.63) is 17.0 Å². The van der Waals surface area contributed by atoms with Crippen molar-refractivity contribution in [3.8, 4) is 0 Å². The zero-order valence-electron chi connectivity index (χ0n) is 10.2. The van der Waals surface area contributed by atoms with Gasteiger partial charge in [0.25, 0.3) is 0 Å². The molecule has 0 aromatic carbocycles. The number of nitrogens with two attached hydrogens (primary N) is 1. The zero-order valence-corrected chi connectivity index (χ0v) is 10.2. The molecule has 0 amide bonds. The Kier molecular flexibility index (Phi) is 2.71. The monoisotopic (exact) mass is 235 g/mol. The van der Waals surface area contributed by atoms with E-state index in [-0.39, 0.29) is 11.5 Å². The second-order valence-corrected chi connectivity index (χ2v) is 5.60. The summed E-state index contributed by atoms with van der Waals surface area (Å²) in [5, 5.41) is 17.4. The Labute approximate surface area is 102 Å². The SMILES string of the molecule is NCC1(c2n[nH]c3c2CCC3)CCC(O)CC1. The Balaban J connectivity index is 1.94. The van der Waals surface area contributed by atoms with E-state index in [0.717, 1.165) is 38.5 Å². The molecule has 1 aromatic heterocycles. The first kappa shape index (κ1) is 11.2. The lowest BCUT2D eigenvalue weighted by atomic mass is 9.70. The minimum Gasteiger partial charge on any atom is -0.393 e. The number of aromatic amines is 1. The summed E-state index contributed by atoms with van der Waals surface area (Å²) >= 11 is 0. The van der Waals surface area contributed by atoms with Gasteiger partial charge in [-0.25, -0.2) is 0 Å². The maximum Gasteiger partial charge on any atom is 0.0731 e. The second kappa shape index (κ2) is 4.10. The van der Waals surface area contributed by atoms with Gasteiger partial charge in [-0.1, -0.05) is 0 Å². The fraction of sp³-hybridized carbons (Fsp3) is 0.769. The largest absolute Gasteiger partial charge is 0.393 e. The van der Waals surface area contributed by atoms with Crippen molar-refractivity contribution in [2.75, 3.05) is 6.54 Å². The Morgan fingerprint density at radius 1 is 1.35 bits per heavy atom. The third-order valence-electron chi connectivity index (χ3n) is 4.61. The van der Waals surface area contributed by atoms with Crippen molar-refractivity contribution in [2.45, 2.75) is 56.5 Å². The highest BCUT2D eigenvalue weighted by atomic mass is 16.3. The summed E-state index contributed by atoms with van der Waals surface area (Å²) in [6, 6.07) is 0. The van der Waals surface area contributed by atoms with Gasteiger partial charge in [0, 0.05) is 17.7 Å². The maximum atomic E-state index is 9.66. The summed E-state index contributed by atoms with van der Waals surface area (Å²) < 4.78 is 0. The molecule has 1 aromatic rings. The molecule has 3 rings (SSSR count). The average molecular weight is 235 g/mol. The van der Waals surface area contributed by atoms with Crippen LogP contribution in [-0.4, -0.2) is 28.0 Å². The lowest BCUT2D eigenvalue weighted by Gasteiger charge is -2.37. The molecule has 0 unspecified atom stereocenters. The maximum absolute atomic E-state index is 9.66. The van der Waals surface area contributed by atoms with Gasteiger partial charge in [-0.3, -0.25) is 5.10 Å². The predicted octanol–water partition coefficient (Wildman–Crippen LogP) is 1.03. The van der Waals surface area contributed by atoms with Crippen LogP contribution in [-0.2, 0) is 18.3 Å². The summed E-state index contributed by atoms with van der Waals surface area (Å²) in [5.74, 6) is 0. The first-order valence-electron chi connectivity index (χ1n) is 6.70. The topological polar surface area (TPSA) is 74.9 Å². The van der Waals surface area contributed by atoms with Gasteiger partial charge in [-0.2, -0.15) is 5.10 Å². The summed E-state index contributed by atoms with van der Waals surface area (Å²) in [6.45, 7) is 0.650. The second-order valence-electron chi connectivity index (χ2n) is 5.60. The predicted molar refractivity (Wildman–Crippen MR) is 65.8 cm³/mol. The molecule has 1 saturated carbocycles. The summed E-state index contributed by atoms with van der Waals surface area (Å²) in [4.78, 5) is 0. The molecule has 4 N–H and O–H groups in total. The number of nitrogens with one attached hydrogen (secondary N) is 1. The van der Waals surface area contributed by atoms with Gasteiger partial charge in [0.1, 0.15) is 0 Å². The quantitative estimate of drug-likeness (QED) is 0.716. The standard InChI is InChI=1S/C13H21N3O/c14-8-13(6-4-9(17)5-7-13)12-10-2-1-3-11(10)15-16-12/h9,17H,1-8,14H2,(H,15,16). The van der Waals surface area contributed by atoms with Crippen LogP contribution in [0.5, 0.6) is 0 Å². The molecule has 1 fully saturated rings. The lowest BCUT2D eigenvalue weighted by molar-refractivity contribution is 0.0959. The van der Waals surface area contributed by atoms with Crippen LogP contribution in [0, 0.1) is 0 Å². The van der Waals surface area contributed by atoms with E-state index in [2.05, 4.69) is 10.2 Å². The van der Waals surface area contributed by atoms with Crippen LogP contribution in [0.3, 0.4) is 0 Å². The van der Waals surface area contributed by atoms with Crippen LogP contribution in [0.1, 0.15) is 49.1 Å². The molecule has 0 aliphatic heterocycles. The van der Waals surface area contributed by atoms with E-state index in [1.165, 1.54) is 23.4 Å². The summed E-state index contributed by atoms with van der Waals surface area (Å²) in [5.41, 5.74) is 10.0. The van der Waals surface area contributed by atoms with Gasteiger partial charge in [0.15, 0.2) is 0 Å². The summed E-state index contributed by atoms with van der Waals surface area (Å²) in [7, 11) is 0. The van der Waals surface area contributed by atoms with Gasteiger partial charge in [0.05, 0.1) is 11.8 Å². The molecular formula is C13H21N3O. The highest BCUT2D eigenvalue weighted by Gasteiger charge is 2.40. The molecule has 0 saturated heterocycles. The van der Waals surface area contributed by atoms with Crippen LogP contribution in [0.25, 0.3) is 0 Å². The van der Waals surface area contributed by atoms with Gasteiger partial charge in [-0.15, -0.1) is 0 Å². The van der Waals surface area contributed by atoms with Crippen LogP contribution in [0.4, 0.5) is 0 Å². The fourth-order valence-electron chi connectivity index (χ4n) is 3.45. The molecule has 0 atom stereocenters. The average Bonchev–Trinajstić information content (AvgIpc) is 2.93. The molecule has 2 aliphatic carbocycles. The van der Waals surface area contributed by atoms with Gasteiger partial charge >= 0.3 is 0 Å². The van der Waals surface area contributed by atoms with E-state index < -0.39 is 0 Å². The molecule has 0 spiro atoms. The van der Waals surface area contributed by atoms with Crippen molar-refractivity contribution < 1.29 is 5.11 Å². The lowest BCUT2D eigenvalue weighted by Crippen LogP contribution is -2.41. The minimum atomic E-state index is -0.137. The van der Waals surface area contributed by atoms with Crippen LogP contribution < -0.4 is 5.73 Å². The number of aliphatic hydroxyl groups excluding tert-OH is 1. The Morgan fingerprint density at radius 2 is 2.12 bits per heavy atom. The highest BCUT2D eigenvalue weighted by molar-refractivity contribution is 5.35. The number of rotatable bonds is 2. The number of nitrogens with zero attached hydrogens (tertiary/aromatic N) is 1. The van der Waals surface area contributed by atoms with Crippen molar-refractivity contribution >= 4 is 0 Å². The number of aliphatic hydroxyl groups is 1. The van der Waals surface area contributed by atoms with Crippen molar-refractivity contribution in [3.63, 3.8) is 0 Å². The normalized spacial score (nSPS) is 32.7. The van der Waals surface area contributed by atoms with Gasteiger partial charge in [-0.05, 0) is 50.5 Å². The Hall–Kier alpha value is -0.870. The molecule has 1 heterocycles. The van der Waals surface area contributed by atoms with Crippen molar-refractivity contribution in [1.29, 1.82) is 0 Å². The number of hydrogen-bond acceptors (Lipinski definition) is 3. The van der Waals surface area contributed by atoms with Gasteiger partial charge in [0.2, 0.25) is 0 Å². The number of aromatic nitrogens is 2. The zero-order chi connectivity index (χ0) is 11.9. The molecule has 4 heteroatoms. The van der Waals surface area contributed by atoms with E-state index in [1.54, 1.807) is 0 Å². The van der Waals surface area contributed by atoms with E-state index in [0.29, 0.717) is 6.54 Å². The molecular weight excluding hydrogens is 214 g/mol. The van der Waals surface area contributed by atoms with E-state index in [4.69, 9.17) is 5.73 Å². The first-order valence-corrected chi connectivity index (χ1v) is 6.70.